The van der Waals surface area contributed by atoms with Gasteiger partial charge >= 0.3 is 5.97 Å². The van der Waals surface area contributed by atoms with Crippen molar-refractivity contribution < 1.29 is 24.2 Å². The standard InChI is InChI=1S/C21H26N2O5S/c1-4-22-19-16(14(3)17(29-19)20(25)28-5-2)18(24)23(21(22)26)11-12-27-13-15-9-7-6-8-10-15/h6-10,21,26H,4-5,11-13H2,1-3H3. The zero-order chi connectivity index (χ0) is 21.0. The Morgan fingerprint density at radius 3 is 2.59 bits per heavy atom. The van der Waals surface area contributed by atoms with Gasteiger partial charge in [0.15, 0.2) is 0 Å². The van der Waals surface area contributed by atoms with Gasteiger partial charge in [0.2, 0.25) is 6.35 Å². The van der Waals surface area contributed by atoms with Crippen molar-refractivity contribution in [3.63, 3.8) is 0 Å². The molecule has 0 radical (unpaired) electrons. The van der Waals surface area contributed by atoms with E-state index in [-0.39, 0.29) is 19.1 Å². The Bertz CT molecular complexity index is 867. The third kappa shape index (κ3) is 4.29. The summed E-state index contributed by atoms with van der Waals surface area (Å²) in [4.78, 5) is 28.9. The molecule has 0 saturated carbocycles. The molecule has 7 nitrogen and oxygen atoms in total. The Labute approximate surface area is 174 Å². The van der Waals surface area contributed by atoms with E-state index >= 15 is 0 Å². The molecule has 0 aliphatic carbocycles. The number of carbonyl (C=O) groups excluding carboxylic acids is 2. The van der Waals surface area contributed by atoms with Crippen LogP contribution in [0.15, 0.2) is 30.3 Å². The number of nitrogens with zero attached hydrogens (tertiary/aromatic N) is 2. The minimum absolute atomic E-state index is 0.243. The van der Waals surface area contributed by atoms with Gasteiger partial charge in [-0.05, 0) is 31.9 Å². The number of amides is 1. The summed E-state index contributed by atoms with van der Waals surface area (Å²) in [5, 5.41) is 11.4. The first-order valence-electron chi connectivity index (χ1n) is 9.67. The van der Waals surface area contributed by atoms with E-state index in [2.05, 4.69) is 0 Å². The van der Waals surface area contributed by atoms with Crippen molar-refractivity contribution in [2.24, 2.45) is 0 Å². The first-order valence-corrected chi connectivity index (χ1v) is 10.5. The smallest absolute Gasteiger partial charge is 0.348 e. The molecular formula is C21H26N2O5S. The summed E-state index contributed by atoms with van der Waals surface area (Å²) in [6.07, 6.45) is -1.10. The summed E-state index contributed by atoms with van der Waals surface area (Å²) in [6, 6.07) is 9.77. The predicted octanol–water partition coefficient (Wildman–Crippen LogP) is 3.01. The molecule has 1 N–H and O–H groups in total. The Balaban J connectivity index is 1.76. The van der Waals surface area contributed by atoms with E-state index in [0.29, 0.717) is 40.8 Å². The minimum atomic E-state index is -1.10. The Kier molecular flexibility index (Phi) is 6.89. The fourth-order valence-corrected chi connectivity index (χ4v) is 4.59. The maximum Gasteiger partial charge on any atom is 0.348 e. The number of hydrogen-bond donors (Lipinski definition) is 1. The van der Waals surface area contributed by atoms with Crippen LogP contribution in [0.1, 0.15) is 45.0 Å². The van der Waals surface area contributed by atoms with Gasteiger partial charge in [0.25, 0.3) is 5.91 Å². The number of ether oxygens (including phenoxy) is 2. The highest BCUT2D eigenvalue weighted by Crippen LogP contribution is 2.41. The van der Waals surface area contributed by atoms with E-state index in [1.807, 2.05) is 37.3 Å². The second-order valence-corrected chi connectivity index (χ2v) is 7.63. The molecule has 8 heteroatoms. The molecule has 3 rings (SSSR count). The quantitative estimate of drug-likeness (QED) is 0.524. The van der Waals surface area contributed by atoms with Gasteiger partial charge in [0, 0.05) is 13.1 Å². The van der Waals surface area contributed by atoms with Gasteiger partial charge in [0.05, 0.1) is 25.4 Å². The third-order valence-electron chi connectivity index (χ3n) is 4.81. The summed E-state index contributed by atoms with van der Waals surface area (Å²) in [7, 11) is 0. The van der Waals surface area contributed by atoms with E-state index in [1.54, 1.807) is 18.7 Å². The summed E-state index contributed by atoms with van der Waals surface area (Å²) in [5.41, 5.74) is 2.09. The normalized spacial score (nSPS) is 16.1. The van der Waals surface area contributed by atoms with E-state index in [9.17, 15) is 14.7 Å². The topological polar surface area (TPSA) is 79.3 Å². The summed E-state index contributed by atoms with van der Waals surface area (Å²) in [6.45, 7) is 7.11. The van der Waals surface area contributed by atoms with Crippen molar-refractivity contribution in [1.29, 1.82) is 0 Å². The molecule has 0 bridgehead atoms. The molecule has 1 aliphatic rings. The van der Waals surface area contributed by atoms with E-state index < -0.39 is 12.3 Å². The maximum atomic E-state index is 13.1. The number of hydrogen-bond acceptors (Lipinski definition) is 7. The fourth-order valence-electron chi connectivity index (χ4n) is 3.32. The van der Waals surface area contributed by atoms with Crippen molar-refractivity contribution in [1.82, 2.24) is 4.90 Å². The lowest BCUT2D eigenvalue weighted by Crippen LogP contribution is -2.55. The second-order valence-electron chi connectivity index (χ2n) is 6.63. The van der Waals surface area contributed by atoms with Gasteiger partial charge in [-0.1, -0.05) is 30.3 Å². The van der Waals surface area contributed by atoms with Crippen LogP contribution >= 0.6 is 11.3 Å². The van der Waals surface area contributed by atoms with Gasteiger partial charge < -0.3 is 19.5 Å². The van der Waals surface area contributed by atoms with Gasteiger partial charge in [-0.3, -0.25) is 9.69 Å². The van der Waals surface area contributed by atoms with Crippen LogP contribution in [0.4, 0.5) is 5.00 Å². The molecular weight excluding hydrogens is 392 g/mol. The molecule has 0 saturated heterocycles. The van der Waals surface area contributed by atoms with Crippen molar-refractivity contribution in [3.05, 3.63) is 51.9 Å². The molecule has 156 valence electrons. The van der Waals surface area contributed by atoms with Crippen LogP contribution in [0.3, 0.4) is 0 Å². The lowest BCUT2D eigenvalue weighted by molar-refractivity contribution is -0.0120. The largest absolute Gasteiger partial charge is 0.462 e. The maximum absolute atomic E-state index is 13.1. The number of rotatable bonds is 8. The first-order chi connectivity index (χ1) is 14.0. The number of aliphatic hydroxyl groups excluding tert-OH is 1. The zero-order valence-corrected chi connectivity index (χ0v) is 17.7. The number of thiophene rings is 1. The number of benzene rings is 1. The van der Waals surface area contributed by atoms with Crippen molar-refractivity contribution in [3.8, 4) is 0 Å². The third-order valence-corrected chi connectivity index (χ3v) is 6.12. The average molecular weight is 419 g/mol. The van der Waals surface area contributed by atoms with Gasteiger partial charge in [-0.15, -0.1) is 11.3 Å². The van der Waals surface area contributed by atoms with E-state index in [4.69, 9.17) is 9.47 Å². The molecule has 1 aromatic carbocycles. The summed E-state index contributed by atoms with van der Waals surface area (Å²) >= 11 is 1.19. The second kappa shape index (κ2) is 9.39. The van der Waals surface area contributed by atoms with Crippen molar-refractivity contribution in [2.45, 2.75) is 33.7 Å². The minimum Gasteiger partial charge on any atom is -0.462 e. The fraction of sp³-hybridized carbons (Fsp3) is 0.429. The van der Waals surface area contributed by atoms with Crippen LogP contribution in [0, 0.1) is 6.92 Å². The van der Waals surface area contributed by atoms with Crippen molar-refractivity contribution in [2.75, 3.05) is 31.2 Å². The molecule has 1 atom stereocenters. The number of aliphatic hydroxyl groups is 1. The van der Waals surface area contributed by atoms with E-state index in [0.717, 1.165) is 5.56 Å². The average Bonchev–Trinajstić information content (AvgIpc) is 3.06. The summed E-state index contributed by atoms with van der Waals surface area (Å²) < 4.78 is 10.8. The molecule has 29 heavy (non-hydrogen) atoms. The Morgan fingerprint density at radius 2 is 1.93 bits per heavy atom. The van der Waals surface area contributed by atoms with Crippen LogP contribution in [0.5, 0.6) is 0 Å². The van der Waals surface area contributed by atoms with Gasteiger partial charge in [-0.2, -0.15) is 0 Å². The van der Waals surface area contributed by atoms with Crippen LogP contribution in [-0.2, 0) is 16.1 Å². The summed E-state index contributed by atoms with van der Waals surface area (Å²) in [5.74, 6) is -0.745. The first kappa shape index (κ1) is 21.3. The molecule has 0 spiro atoms. The molecule has 1 unspecified atom stereocenters. The number of carbonyl (C=O) groups is 2. The number of fused-ring (bicyclic) bond motifs is 1. The SMILES string of the molecule is CCOC(=O)c1sc2c(c1C)C(=O)N(CCOCc1ccccc1)C(O)N2CC. The monoisotopic (exact) mass is 418 g/mol. The van der Waals surface area contributed by atoms with Gasteiger partial charge in [-0.25, -0.2) is 4.79 Å². The lowest BCUT2D eigenvalue weighted by Gasteiger charge is -2.40. The molecule has 1 aromatic heterocycles. The highest BCUT2D eigenvalue weighted by atomic mass is 32.1. The van der Waals surface area contributed by atoms with Crippen molar-refractivity contribution >= 4 is 28.2 Å². The highest BCUT2D eigenvalue weighted by molar-refractivity contribution is 7.18. The molecule has 0 fully saturated rings. The van der Waals surface area contributed by atoms with Crippen LogP contribution in [0.25, 0.3) is 0 Å². The number of esters is 1. The molecule has 2 aromatic rings. The van der Waals surface area contributed by atoms with Crippen LogP contribution in [-0.4, -0.2) is 54.5 Å². The molecule has 1 aliphatic heterocycles. The molecule has 2 heterocycles. The van der Waals surface area contributed by atoms with E-state index in [1.165, 1.54) is 16.2 Å². The van der Waals surface area contributed by atoms with Crippen LogP contribution in [0.2, 0.25) is 0 Å². The zero-order valence-electron chi connectivity index (χ0n) is 16.9. The molecule has 1 amide bonds. The Morgan fingerprint density at radius 1 is 1.21 bits per heavy atom. The highest BCUT2D eigenvalue weighted by Gasteiger charge is 2.40. The lowest BCUT2D eigenvalue weighted by atomic mass is 10.1. The van der Waals surface area contributed by atoms with Crippen LogP contribution < -0.4 is 4.90 Å². The van der Waals surface area contributed by atoms with Gasteiger partial charge in [0.1, 0.15) is 9.88 Å². The Hall–Kier alpha value is -2.42. The predicted molar refractivity (Wildman–Crippen MR) is 111 cm³/mol. The number of anilines is 1.